The third-order valence-corrected chi connectivity index (χ3v) is 6.77. The highest BCUT2D eigenvalue weighted by Gasteiger charge is 2.30. The van der Waals surface area contributed by atoms with Gasteiger partial charge in [0.15, 0.2) is 5.16 Å². The number of halogens is 1. The monoisotopic (exact) mass is 428 g/mol. The molecule has 8 heteroatoms. The molecule has 4 aromatic rings. The van der Waals surface area contributed by atoms with E-state index in [1.165, 1.54) is 12.8 Å². The number of thioether (sulfide) groups is 1. The van der Waals surface area contributed by atoms with Gasteiger partial charge in [0.1, 0.15) is 16.6 Å². The lowest BCUT2D eigenvalue weighted by atomic mass is 10.2. The van der Waals surface area contributed by atoms with Gasteiger partial charge in [0, 0.05) is 27.6 Å². The van der Waals surface area contributed by atoms with Gasteiger partial charge in [0.05, 0.1) is 18.5 Å². The summed E-state index contributed by atoms with van der Waals surface area (Å²) in [5, 5.41) is 13.7. The number of furan rings is 1. The van der Waals surface area contributed by atoms with Gasteiger partial charge in [-0.1, -0.05) is 35.5 Å². The van der Waals surface area contributed by atoms with Crippen molar-refractivity contribution >= 4 is 34.7 Å². The molecule has 142 valence electrons. The fraction of sp³-hybridized carbons (Fsp3) is 0.250. The molecule has 0 amide bonds. The number of aromatic nitrogens is 4. The van der Waals surface area contributed by atoms with Crippen LogP contribution in [0.4, 0.5) is 0 Å². The molecule has 1 aliphatic rings. The van der Waals surface area contributed by atoms with Gasteiger partial charge in [-0.25, -0.2) is 4.98 Å². The lowest BCUT2D eigenvalue weighted by Crippen LogP contribution is -2.05. The van der Waals surface area contributed by atoms with Crippen molar-refractivity contribution in [1.82, 2.24) is 19.7 Å². The molecule has 5 nitrogen and oxygen atoms in total. The molecule has 0 aliphatic heterocycles. The van der Waals surface area contributed by atoms with E-state index in [4.69, 9.17) is 21.0 Å². The number of benzene rings is 1. The summed E-state index contributed by atoms with van der Waals surface area (Å²) in [6, 6.07) is 11.7. The van der Waals surface area contributed by atoms with Crippen LogP contribution >= 0.6 is 34.7 Å². The smallest absolute Gasteiger partial charge is 0.192 e. The van der Waals surface area contributed by atoms with Gasteiger partial charge < -0.3 is 4.42 Å². The summed E-state index contributed by atoms with van der Waals surface area (Å²) >= 11 is 9.29. The molecule has 0 N–H and O–H groups in total. The van der Waals surface area contributed by atoms with Crippen LogP contribution in [0.5, 0.6) is 0 Å². The van der Waals surface area contributed by atoms with E-state index >= 15 is 0 Å². The first-order chi connectivity index (χ1) is 13.8. The Kier molecular flexibility index (Phi) is 4.96. The Labute approximate surface area is 175 Å². The van der Waals surface area contributed by atoms with Crippen LogP contribution in [0.3, 0.4) is 0 Å². The van der Waals surface area contributed by atoms with E-state index in [0.29, 0.717) is 12.5 Å². The standard InChI is InChI=1S/C20H17ClN4OS2/c21-15-7-5-14(6-8-15)19-22-16(11-27-19)12-28-20-24-23-18(13-3-4-13)25(20)10-17-2-1-9-26-17/h1-2,5-9,11,13H,3-4,10,12H2. The van der Waals surface area contributed by atoms with Crippen molar-refractivity contribution in [2.45, 2.75) is 36.2 Å². The van der Waals surface area contributed by atoms with Crippen molar-refractivity contribution in [1.29, 1.82) is 0 Å². The Morgan fingerprint density at radius 3 is 2.79 bits per heavy atom. The van der Waals surface area contributed by atoms with Crippen LogP contribution in [0.2, 0.25) is 5.02 Å². The van der Waals surface area contributed by atoms with Gasteiger partial charge in [-0.3, -0.25) is 4.57 Å². The number of nitrogens with zero attached hydrogens (tertiary/aromatic N) is 4. The maximum Gasteiger partial charge on any atom is 0.192 e. The average Bonchev–Trinajstić information content (AvgIpc) is 3.10. The second-order valence-electron chi connectivity index (χ2n) is 6.72. The van der Waals surface area contributed by atoms with Crippen molar-refractivity contribution in [3.8, 4) is 10.6 Å². The molecule has 3 aromatic heterocycles. The summed E-state index contributed by atoms with van der Waals surface area (Å²) in [5.74, 6) is 3.28. The summed E-state index contributed by atoms with van der Waals surface area (Å²) < 4.78 is 7.72. The van der Waals surface area contributed by atoms with E-state index in [0.717, 1.165) is 43.8 Å². The van der Waals surface area contributed by atoms with Gasteiger partial charge >= 0.3 is 0 Å². The lowest BCUT2D eigenvalue weighted by molar-refractivity contribution is 0.478. The zero-order valence-corrected chi connectivity index (χ0v) is 17.3. The van der Waals surface area contributed by atoms with E-state index in [1.54, 1.807) is 29.4 Å². The Balaban J connectivity index is 1.32. The minimum absolute atomic E-state index is 0.535. The number of hydrogen-bond donors (Lipinski definition) is 0. The summed E-state index contributed by atoms with van der Waals surface area (Å²) in [6.07, 6.45) is 4.09. The van der Waals surface area contributed by atoms with Crippen LogP contribution in [0.25, 0.3) is 10.6 Å². The highest BCUT2D eigenvalue weighted by molar-refractivity contribution is 7.98. The van der Waals surface area contributed by atoms with Gasteiger partial charge in [0.2, 0.25) is 0 Å². The first kappa shape index (κ1) is 18.0. The Bertz CT molecular complexity index is 1070. The van der Waals surface area contributed by atoms with Crippen molar-refractivity contribution in [3.05, 3.63) is 70.3 Å². The zero-order valence-electron chi connectivity index (χ0n) is 14.9. The topological polar surface area (TPSA) is 56.7 Å². The zero-order chi connectivity index (χ0) is 18.9. The van der Waals surface area contributed by atoms with Gasteiger partial charge in [0.25, 0.3) is 0 Å². The number of thiazole rings is 1. The van der Waals surface area contributed by atoms with Crippen molar-refractivity contribution in [3.63, 3.8) is 0 Å². The summed E-state index contributed by atoms with van der Waals surface area (Å²) in [7, 11) is 0. The van der Waals surface area contributed by atoms with E-state index in [1.807, 2.05) is 36.4 Å². The third kappa shape index (κ3) is 3.87. The average molecular weight is 429 g/mol. The number of hydrogen-bond acceptors (Lipinski definition) is 6. The van der Waals surface area contributed by atoms with Crippen LogP contribution in [-0.4, -0.2) is 19.7 Å². The summed E-state index contributed by atoms with van der Waals surface area (Å²) in [4.78, 5) is 4.76. The predicted octanol–water partition coefficient (Wildman–Crippen LogP) is 5.87. The van der Waals surface area contributed by atoms with E-state index in [-0.39, 0.29) is 0 Å². The molecule has 0 atom stereocenters. The van der Waals surface area contributed by atoms with Crippen LogP contribution in [0.1, 0.15) is 36.0 Å². The molecule has 0 unspecified atom stereocenters. The minimum Gasteiger partial charge on any atom is -0.467 e. The predicted molar refractivity (Wildman–Crippen MR) is 112 cm³/mol. The maximum atomic E-state index is 5.97. The fourth-order valence-electron chi connectivity index (χ4n) is 2.99. The van der Waals surface area contributed by atoms with Crippen molar-refractivity contribution < 1.29 is 4.42 Å². The van der Waals surface area contributed by atoms with Crippen molar-refractivity contribution in [2.24, 2.45) is 0 Å². The van der Waals surface area contributed by atoms with Gasteiger partial charge in [-0.05, 0) is 37.1 Å². The van der Waals surface area contributed by atoms with E-state index in [9.17, 15) is 0 Å². The molecule has 1 fully saturated rings. The molecule has 1 saturated carbocycles. The van der Waals surface area contributed by atoms with E-state index in [2.05, 4.69) is 20.1 Å². The molecule has 0 spiro atoms. The molecule has 0 bridgehead atoms. The van der Waals surface area contributed by atoms with Crippen LogP contribution in [-0.2, 0) is 12.3 Å². The normalized spacial score (nSPS) is 13.9. The second kappa shape index (κ2) is 7.73. The highest BCUT2D eigenvalue weighted by atomic mass is 35.5. The fourth-order valence-corrected chi connectivity index (χ4v) is 4.89. The number of rotatable bonds is 7. The largest absolute Gasteiger partial charge is 0.467 e. The van der Waals surface area contributed by atoms with Gasteiger partial charge in [-0.2, -0.15) is 0 Å². The minimum atomic E-state index is 0.535. The molecule has 0 saturated heterocycles. The molecule has 1 aromatic carbocycles. The first-order valence-electron chi connectivity index (χ1n) is 9.05. The molecular formula is C20H17ClN4OS2. The molecule has 1 aliphatic carbocycles. The van der Waals surface area contributed by atoms with Crippen LogP contribution in [0.15, 0.2) is 57.6 Å². The molecule has 5 rings (SSSR count). The van der Waals surface area contributed by atoms with Crippen LogP contribution in [0, 0.1) is 0 Å². The molecule has 28 heavy (non-hydrogen) atoms. The third-order valence-electron chi connectivity index (χ3n) is 4.57. The first-order valence-corrected chi connectivity index (χ1v) is 11.3. The Morgan fingerprint density at radius 2 is 2.04 bits per heavy atom. The quantitative estimate of drug-likeness (QED) is 0.345. The highest BCUT2D eigenvalue weighted by Crippen LogP contribution is 2.40. The Morgan fingerprint density at radius 1 is 1.18 bits per heavy atom. The lowest BCUT2D eigenvalue weighted by Gasteiger charge is -2.07. The SMILES string of the molecule is Clc1ccc(-c2nc(CSc3nnc(C4CC4)n3Cc3ccco3)cs2)cc1. The molecule has 0 radical (unpaired) electrons. The molecular weight excluding hydrogens is 412 g/mol. The van der Waals surface area contributed by atoms with Crippen molar-refractivity contribution in [2.75, 3.05) is 0 Å². The van der Waals surface area contributed by atoms with E-state index < -0.39 is 0 Å². The summed E-state index contributed by atoms with van der Waals surface area (Å²) in [5.41, 5.74) is 2.13. The van der Waals surface area contributed by atoms with Gasteiger partial charge in [-0.15, -0.1) is 21.5 Å². The van der Waals surface area contributed by atoms with Crippen LogP contribution < -0.4 is 0 Å². The Hall–Kier alpha value is -2.09. The summed E-state index contributed by atoms with van der Waals surface area (Å²) in [6.45, 7) is 0.668. The molecule has 3 heterocycles. The maximum absolute atomic E-state index is 5.97. The second-order valence-corrected chi connectivity index (χ2v) is 8.96.